The predicted molar refractivity (Wildman–Crippen MR) is 120 cm³/mol. The Balaban J connectivity index is 1.78. The second-order valence-electron chi connectivity index (χ2n) is 8.07. The fraction of sp³-hybridized carbons (Fsp3) is 0.259. The summed E-state index contributed by atoms with van der Waals surface area (Å²) in [6.45, 7) is 3.90. The molecule has 4 heteroatoms. The summed E-state index contributed by atoms with van der Waals surface area (Å²) in [5, 5.41) is 0. The summed E-state index contributed by atoms with van der Waals surface area (Å²) < 4.78 is 11.8. The highest BCUT2D eigenvalue weighted by molar-refractivity contribution is 5.93. The van der Waals surface area contributed by atoms with Gasteiger partial charge in [0.15, 0.2) is 11.5 Å². The number of ether oxygens (including phenoxy) is 2. The molecule has 3 aromatic rings. The van der Waals surface area contributed by atoms with Gasteiger partial charge in [-0.25, -0.2) is 9.59 Å². The predicted octanol–water partition coefficient (Wildman–Crippen LogP) is 6.40. The average Bonchev–Trinajstić information content (AvgIpc) is 3.31. The molecule has 0 amide bonds. The minimum Gasteiger partial charge on any atom is -0.419 e. The Hall–Kier alpha value is -3.40. The van der Waals surface area contributed by atoms with Crippen molar-refractivity contribution in [2.24, 2.45) is 0 Å². The quantitative estimate of drug-likeness (QED) is 0.358. The van der Waals surface area contributed by atoms with Crippen LogP contribution in [0, 0.1) is 13.8 Å². The van der Waals surface area contributed by atoms with Crippen molar-refractivity contribution >= 4 is 11.9 Å². The summed E-state index contributed by atoms with van der Waals surface area (Å²) >= 11 is 0. The maximum Gasteiger partial charge on any atom is 0.343 e. The highest BCUT2D eigenvalue weighted by Gasteiger charge is 2.29. The number of hydrogen-bond donors (Lipinski definition) is 0. The zero-order valence-corrected chi connectivity index (χ0v) is 17.9. The van der Waals surface area contributed by atoms with Gasteiger partial charge in [0.2, 0.25) is 0 Å². The summed E-state index contributed by atoms with van der Waals surface area (Å²) in [5.41, 5.74) is 3.70. The van der Waals surface area contributed by atoms with Gasteiger partial charge in [-0.05, 0) is 68.0 Å². The van der Waals surface area contributed by atoms with Crippen LogP contribution in [-0.2, 0) is 0 Å². The van der Waals surface area contributed by atoms with Crippen molar-refractivity contribution < 1.29 is 19.1 Å². The molecule has 3 aromatic carbocycles. The number of carbonyl (C=O) groups is 2. The van der Waals surface area contributed by atoms with Gasteiger partial charge in [-0.1, -0.05) is 55.3 Å². The lowest BCUT2D eigenvalue weighted by Gasteiger charge is -2.22. The highest BCUT2D eigenvalue weighted by Crippen LogP contribution is 2.46. The molecule has 4 nitrogen and oxygen atoms in total. The van der Waals surface area contributed by atoms with Crippen molar-refractivity contribution in [1.82, 2.24) is 0 Å². The van der Waals surface area contributed by atoms with E-state index in [4.69, 9.17) is 9.47 Å². The molecule has 0 atom stereocenters. The molecule has 0 aliphatic heterocycles. The van der Waals surface area contributed by atoms with E-state index < -0.39 is 11.9 Å². The standard InChI is InChI=1S/C27H26O4/c1-18-17-19(2)24(30-26(28)21-13-5-3-6-14-21)25(23(18)20-11-9-10-12-20)31-27(29)22-15-7-4-8-16-22/h3-8,13-17,20H,9-12H2,1-2H3. The number of aryl methyl sites for hydroxylation is 2. The summed E-state index contributed by atoms with van der Waals surface area (Å²) in [7, 11) is 0. The summed E-state index contributed by atoms with van der Waals surface area (Å²) in [6, 6.07) is 19.7. The Morgan fingerprint density at radius 1 is 0.710 bits per heavy atom. The van der Waals surface area contributed by atoms with Crippen LogP contribution in [0.3, 0.4) is 0 Å². The van der Waals surface area contributed by atoms with Crippen molar-refractivity contribution in [3.63, 3.8) is 0 Å². The summed E-state index contributed by atoms with van der Waals surface area (Å²) in [5.74, 6) is 0.0605. The molecular formula is C27H26O4. The van der Waals surface area contributed by atoms with Crippen molar-refractivity contribution in [1.29, 1.82) is 0 Å². The van der Waals surface area contributed by atoms with Gasteiger partial charge in [-0.2, -0.15) is 0 Å². The van der Waals surface area contributed by atoms with Gasteiger partial charge in [0, 0.05) is 5.56 Å². The zero-order valence-electron chi connectivity index (χ0n) is 17.9. The van der Waals surface area contributed by atoms with Crippen LogP contribution < -0.4 is 9.47 Å². The molecule has 1 fully saturated rings. The van der Waals surface area contributed by atoms with E-state index in [9.17, 15) is 9.59 Å². The van der Waals surface area contributed by atoms with Crippen LogP contribution in [0.25, 0.3) is 0 Å². The second kappa shape index (κ2) is 9.17. The molecule has 0 N–H and O–H groups in total. The zero-order chi connectivity index (χ0) is 21.8. The van der Waals surface area contributed by atoms with Crippen LogP contribution in [0.1, 0.15) is 69.0 Å². The van der Waals surface area contributed by atoms with Crippen molar-refractivity contribution in [3.8, 4) is 11.5 Å². The molecule has 1 aliphatic rings. The van der Waals surface area contributed by atoms with Crippen molar-refractivity contribution in [2.45, 2.75) is 45.4 Å². The van der Waals surface area contributed by atoms with E-state index in [2.05, 4.69) is 0 Å². The number of hydrogen-bond acceptors (Lipinski definition) is 4. The second-order valence-corrected chi connectivity index (χ2v) is 8.07. The molecule has 0 spiro atoms. The van der Waals surface area contributed by atoms with Crippen molar-refractivity contribution in [2.75, 3.05) is 0 Å². The summed E-state index contributed by atoms with van der Waals surface area (Å²) in [6.07, 6.45) is 4.35. The van der Waals surface area contributed by atoms with Gasteiger partial charge in [0.25, 0.3) is 0 Å². The first-order valence-corrected chi connectivity index (χ1v) is 10.7. The molecule has 1 saturated carbocycles. The lowest BCUT2D eigenvalue weighted by Crippen LogP contribution is -2.16. The van der Waals surface area contributed by atoms with Gasteiger partial charge in [0.05, 0.1) is 11.1 Å². The van der Waals surface area contributed by atoms with Gasteiger partial charge in [-0.3, -0.25) is 0 Å². The molecule has 158 valence electrons. The SMILES string of the molecule is Cc1cc(C)c(C2CCCC2)c(OC(=O)c2ccccc2)c1OC(=O)c1ccccc1. The largest absolute Gasteiger partial charge is 0.419 e. The first kappa shape index (κ1) is 20.9. The third kappa shape index (κ3) is 4.53. The van der Waals surface area contributed by atoms with E-state index in [-0.39, 0.29) is 5.92 Å². The maximum absolute atomic E-state index is 12.9. The Labute approximate surface area is 182 Å². The molecule has 31 heavy (non-hydrogen) atoms. The Morgan fingerprint density at radius 3 is 1.71 bits per heavy atom. The Bertz CT molecular complexity index is 1080. The first-order chi connectivity index (χ1) is 15.0. The highest BCUT2D eigenvalue weighted by atomic mass is 16.6. The average molecular weight is 415 g/mol. The van der Waals surface area contributed by atoms with E-state index in [0.717, 1.165) is 42.4 Å². The maximum atomic E-state index is 12.9. The monoisotopic (exact) mass is 414 g/mol. The molecule has 0 unspecified atom stereocenters. The van der Waals surface area contributed by atoms with E-state index in [0.29, 0.717) is 22.6 Å². The van der Waals surface area contributed by atoms with Crippen LogP contribution in [0.5, 0.6) is 11.5 Å². The fourth-order valence-corrected chi connectivity index (χ4v) is 4.35. The minimum atomic E-state index is -0.470. The molecule has 0 heterocycles. The number of rotatable bonds is 5. The number of benzene rings is 3. The third-order valence-corrected chi connectivity index (χ3v) is 5.84. The number of carbonyl (C=O) groups excluding carboxylic acids is 2. The Kier molecular flexibility index (Phi) is 6.17. The van der Waals surface area contributed by atoms with E-state index >= 15 is 0 Å². The molecule has 1 aliphatic carbocycles. The molecule has 0 saturated heterocycles. The van der Waals surface area contributed by atoms with Gasteiger partial charge in [-0.15, -0.1) is 0 Å². The van der Waals surface area contributed by atoms with Gasteiger partial charge < -0.3 is 9.47 Å². The minimum absolute atomic E-state index is 0.286. The molecule has 0 radical (unpaired) electrons. The third-order valence-electron chi connectivity index (χ3n) is 5.84. The Morgan fingerprint density at radius 2 is 1.19 bits per heavy atom. The van der Waals surface area contributed by atoms with Crippen LogP contribution in [0.2, 0.25) is 0 Å². The normalized spacial score (nSPS) is 13.7. The van der Waals surface area contributed by atoms with E-state index in [1.54, 1.807) is 48.5 Å². The van der Waals surface area contributed by atoms with E-state index in [1.165, 1.54) is 0 Å². The molecule has 0 aromatic heterocycles. The number of esters is 2. The van der Waals surface area contributed by atoms with Crippen LogP contribution in [-0.4, -0.2) is 11.9 Å². The smallest absolute Gasteiger partial charge is 0.343 e. The van der Waals surface area contributed by atoms with Crippen LogP contribution in [0.4, 0.5) is 0 Å². The lowest BCUT2D eigenvalue weighted by molar-refractivity contribution is 0.0679. The fourth-order valence-electron chi connectivity index (χ4n) is 4.35. The topological polar surface area (TPSA) is 52.6 Å². The van der Waals surface area contributed by atoms with Gasteiger partial charge in [0.1, 0.15) is 0 Å². The molecular weight excluding hydrogens is 388 g/mol. The molecule has 4 rings (SSSR count). The van der Waals surface area contributed by atoms with Crippen LogP contribution in [0.15, 0.2) is 66.7 Å². The van der Waals surface area contributed by atoms with Crippen LogP contribution >= 0.6 is 0 Å². The summed E-state index contributed by atoms with van der Waals surface area (Å²) in [4.78, 5) is 25.8. The lowest BCUT2D eigenvalue weighted by atomic mass is 9.90. The van der Waals surface area contributed by atoms with Gasteiger partial charge >= 0.3 is 11.9 Å². The molecule has 0 bridgehead atoms. The van der Waals surface area contributed by atoms with Crippen molar-refractivity contribution in [3.05, 3.63) is 94.5 Å². The van der Waals surface area contributed by atoms with E-state index in [1.807, 2.05) is 32.0 Å². The first-order valence-electron chi connectivity index (χ1n) is 10.7.